The van der Waals surface area contributed by atoms with E-state index < -0.39 is 0 Å². The number of ether oxygens (including phenoxy) is 2. The predicted octanol–water partition coefficient (Wildman–Crippen LogP) is 20.2. The number of benzene rings is 5. The van der Waals surface area contributed by atoms with E-state index in [0.717, 1.165) is 74.4 Å². The van der Waals surface area contributed by atoms with Crippen molar-refractivity contribution >= 4 is 0 Å². The topological polar surface area (TPSA) is 49.2 Å². The molecule has 1 aromatic heterocycles. The number of hydrogen-bond acceptors (Lipinski definition) is 4. The molecule has 0 saturated heterocycles. The van der Waals surface area contributed by atoms with E-state index in [1.165, 1.54) is 193 Å². The first-order valence-corrected chi connectivity index (χ1v) is 32.3. The van der Waals surface area contributed by atoms with Gasteiger partial charge >= 0.3 is 0 Å². The Morgan fingerprint density at radius 1 is 0.305 bits per heavy atom. The van der Waals surface area contributed by atoms with Gasteiger partial charge in [0.1, 0.15) is 11.5 Å². The Hall–Kier alpha value is -6.92. The fourth-order valence-corrected chi connectivity index (χ4v) is 10.2. The van der Waals surface area contributed by atoms with Crippen molar-refractivity contribution in [1.29, 1.82) is 0 Å². The Balaban J connectivity index is 0.918. The van der Waals surface area contributed by atoms with Crippen molar-refractivity contribution in [1.82, 2.24) is 15.0 Å². The van der Waals surface area contributed by atoms with Gasteiger partial charge in [0.25, 0.3) is 0 Å². The molecule has 432 valence electrons. The van der Waals surface area contributed by atoms with Crippen LogP contribution in [0, 0.1) is 47.4 Å². The van der Waals surface area contributed by atoms with Crippen molar-refractivity contribution in [2.45, 2.75) is 226 Å². The molecule has 5 heteroatoms. The summed E-state index contributed by atoms with van der Waals surface area (Å²) >= 11 is 0. The summed E-state index contributed by atoms with van der Waals surface area (Å²) in [5.41, 5.74) is 8.65. The molecule has 0 N–H and O–H groups in total. The summed E-state index contributed by atoms with van der Waals surface area (Å²) in [5.74, 6) is 28.2. The van der Waals surface area contributed by atoms with E-state index in [1.54, 1.807) is 10.9 Å². The summed E-state index contributed by atoms with van der Waals surface area (Å²) < 4.78 is 14.5. The van der Waals surface area contributed by atoms with Crippen molar-refractivity contribution in [3.63, 3.8) is 0 Å². The molecule has 6 rings (SSSR count). The molecule has 0 atom stereocenters. The smallest absolute Gasteiger partial charge is 0.124 e. The first-order valence-electron chi connectivity index (χ1n) is 32.3. The van der Waals surface area contributed by atoms with Crippen molar-refractivity contribution in [2.75, 3.05) is 13.2 Å². The first kappa shape index (κ1) is 64.3. The van der Waals surface area contributed by atoms with Crippen LogP contribution in [0.4, 0.5) is 0 Å². The van der Waals surface area contributed by atoms with Crippen LogP contribution < -0.4 is 9.47 Å². The van der Waals surface area contributed by atoms with Crippen molar-refractivity contribution < 1.29 is 9.47 Å². The maximum Gasteiger partial charge on any atom is 0.124 e. The van der Waals surface area contributed by atoms with Crippen LogP contribution in [0.15, 0.2) is 128 Å². The molecule has 82 heavy (non-hydrogen) atoms. The lowest BCUT2D eigenvalue weighted by atomic mass is 10.0. The molecule has 5 nitrogen and oxygen atoms in total. The SMILES string of the molecule is CCCCCCCCCCCCCCCCCCOc1cc(C#Cc2ccc(C#Cc3ccc(C#Cc4ccc(C#Cc5ccc(Cn6ccnn6)cc5)cc4)cc3)cc2)cc(OCCCCCCCCCCCCCCCCCC)c1. The van der Waals surface area contributed by atoms with Gasteiger partial charge in [0, 0.05) is 56.8 Å². The largest absolute Gasteiger partial charge is 0.493 e. The highest BCUT2D eigenvalue weighted by Gasteiger charge is 2.05. The van der Waals surface area contributed by atoms with Gasteiger partial charge in [0.2, 0.25) is 0 Å². The molecule has 0 radical (unpaired) electrons. The van der Waals surface area contributed by atoms with Gasteiger partial charge in [-0.05, 0) is 115 Å². The van der Waals surface area contributed by atoms with Crippen LogP contribution in [-0.2, 0) is 6.54 Å². The molecule has 5 aromatic carbocycles. The van der Waals surface area contributed by atoms with Crippen LogP contribution in [0.3, 0.4) is 0 Å². The second kappa shape index (κ2) is 42.0. The van der Waals surface area contributed by atoms with Crippen LogP contribution >= 0.6 is 0 Å². The molecule has 0 aliphatic carbocycles. The number of rotatable bonds is 38. The fraction of sp³-hybridized carbons (Fsp3) is 0.481. The van der Waals surface area contributed by atoms with Gasteiger partial charge in [0.15, 0.2) is 0 Å². The summed E-state index contributed by atoms with van der Waals surface area (Å²) in [6, 6.07) is 38.7. The van der Waals surface area contributed by atoms with Gasteiger partial charge in [-0.15, -0.1) is 5.10 Å². The molecule has 0 spiro atoms. The lowest BCUT2D eigenvalue weighted by molar-refractivity contribution is 0.289. The fourth-order valence-electron chi connectivity index (χ4n) is 10.2. The summed E-state index contributed by atoms with van der Waals surface area (Å²) in [5, 5.41) is 7.90. The molecule has 0 aliphatic heterocycles. The van der Waals surface area contributed by atoms with E-state index in [-0.39, 0.29) is 0 Å². The molecule has 1 heterocycles. The van der Waals surface area contributed by atoms with Gasteiger partial charge in [-0.25, -0.2) is 4.68 Å². The van der Waals surface area contributed by atoms with Crippen LogP contribution in [0.2, 0.25) is 0 Å². The predicted molar refractivity (Wildman–Crippen MR) is 345 cm³/mol. The van der Waals surface area contributed by atoms with E-state index in [4.69, 9.17) is 9.47 Å². The maximum absolute atomic E-state index is 6.37. The monoisotopic (exact) mass is 1100 g/mol. The second-order valence-corrected chi connectivity index (χ2v) is 22.5. The van der Waals surface area contributed by atoms with Gasteiger partial charge in [-0.1, -0.05) is 271 Å². The summed E-state index contributed by atoms with van der Waals surface area (Å²) in [6.45, 7) is 6.71. The second-order valence-electron chi connectivity index (χ2n) is 22.5. The molecule has 0 saturated carbocycles. The summed E-state index contributed by atoms with van der Waals surface area (Å²) in [7, 11) is 0. The number of hydrogen-bond donors (Lipinski definition) is 0. The van der Waals surface area contributed by atoms with Crippen LogP contribution in [0.1, 0.15) is 269 Å². The quantitative estimate of drug-likeness (QED) is 0.0286. The normalized spacial score (nSPS) is 10.7. The zero-order valence-corrected chi connectivity index (χ0v) is 50.5. The Morgan fingerprint density at radius 2 is 0.561 bits per heavy atom. The van der Waals surface area contributed by atoms with Gasteiger partial charge in [-0.2, -0.15) is 0 Å². The first-order chi connectivity index (χ1) is 40.6. The third kappa shape index (κ3) is 29.2. The Labute approximate surface area is 497 Å². The van der Waals surface area contributed by atoms with Crippen LogP contribution in [0.25, 0.3) is 0 Å². The Bertz CT molecular complexity index is 2820. The third-order valence-corrected chi connectivity index (χ3v) is 15.2. The molecule has 0 bridgehead atoms. The minimum Gasteiger partial charge on any atom is -0.493 e. The van der Waals surface area contributed by atoms with Crippen LogP contribution in [-0.4, -0.2) is 28.2 Å². The molecule has 6 aromatic rings. The van der Waals surface area contributed by atoms with Crippen molar-refractivity contribution in [2.24, 2.45) is 0 Å². The van der Waals surface area contributed by atoms with E-state index in [9.17, 15) is 0 Å². The lowest BCUT2D eigenvalue weighted by Crippen LogP contribution is -2.01. The standard InChI is InChI=1S/C77H97N3O2/c1-3-5-7-9-11-13-15-17-19-21-23-25-27-29-31-33-61-81-76-63-75(64-77(65-76)82-62-34-32-30-28-26-24-22-20-18-16-14-12-10-8-6-4-2)58-55-72-50-47-71(48-51-72)46-43-68-38-35-67(36-39-68)37-40-69-41-44-70(45-42-69)49-52-73-53-56-74(57-54-73)66-80-60-59-78-79-80/h35-36,38-39,41-42,44-45,47-48,50-51,53-54,56-57,59-60,63-65H,3-34,61-62,66H2,1-2H3. The van der Waals surface area contributed by atoms with E-state index in [0.29, 0.717) is 19.8 Å². The number of aromatic nitrogens is 3. The molecule has 0 fully saturated rings. The Kier molecular flexibility index (Phi) is 32.9. The molecular formula is C77H97N3O2. The zero-order valence-electron chi connectivity index (χ0n) is 50.5. The highest BCUT2D eigenvalue weighted by atomic mass is 16.5. The van der Waals surface area contributed by atoms with Gasteiger partial charge in [-0.3, -0.25) is 0 Å². The highest BCUT2D eigenvalue weighted by molar-refractivity contribution is 5.52. The minimum atomic E-state index is 0.687. The average Bonchev–Trinajstić information content (AvgIpc) is 4.03. The third-order valence-electron chi connectivity index (χ3n) is 15.2. The molecule has 0 unspecified atom stereocenters. The van der Waals surface area contributed by atoms with Gasteiger partial charge < -0.3 is 9.47 Å². The average molecular weight is 1100 g/mol. The van der Waals surface area contributed by atoms with Crippen molar-refractivity contribution in [3.8, 4) is 58.9 Å². The number of unbranched alkanes of at least 4 members (excludes halogenated alkanes) is 30. The maximum atomic E-state index is 6.37. The molecule has 0 aliphatic rings. The van der Waals surface area contributed by atoms with Gasteiger partial charge in [0.05, 0.1) is 26.0 Å². The highest BCUT2D eigenvalue weighted by Crippen LogP contribution is 2.25. The van der Waals surface area contributed by atoms with E-state index >= 15 is 0 Å². The summed E-state index contributed by atoms with van der Waals surface area (Å²) in [6.07, 6.45) is 47.1. The number of nitrogens with zero attached hydrogens (tertiary/aromatic N) is 3. The minimum absolute atomic E-state index is 0.687. The van der Waals surface area contributed by atoms with E-state index in [1.807, 2.05) is 91.1 Å². The Morgan fingerprint density at radius 3 is 0.829 bits per heavy atom. The van der Waals surface area contributed by atoms with Crippen LogP contribution in [0.5, 0.6) is 11.5 Å². The zero-order chi connectivity index (χ0) is 57.0. The van der Waals surface area contributed by atoms with E-state index in [2.05, 4.69) is 102 Å². The molecular weight excluding hydrogens is 999 g/mol. The summed E-state index contributed by atoms with van der Waals surface area (Å²) in [4.78, 5) is 0. The molecule has 0 amide bonds. The lowest BCUT2D eigenvalue weighted by Gasteiger charge is -2.11. The van der Waals surface area contributed by atoms with Crippen molar-refractivity contribution in [3.05, 3.63) is 178 Å².